The maximum atomic E-state index is 6.07. The van der Waals surface area contributed by atoms with Gasteiger partial charge in [-0.2, -0.15) is 0 Å². The van der Waals surface area contributed by atoms with Crippen molar-refractivity contribution in [2.45, 2.75) is 44.8 Å². The van der Waals surface area contributed by atoms with E-state index in [-0.39, 0.29) is 12.1 Å². The standard InChI is InChI=1S/C12H23NO2/c1-9-2-3-11(13)12(6-9)15-8-10-4-5-14-7-10/h9-12H,2-8,13H2,1H3. The molecule has 88 valence electrons. The minimum Gasteiger partial charge on any atom is -0.381 e. The van der Waals surface area contributed by atoms with E-state index in [0.29, 0.717) is 5.92 Å². The monoisotopic (exact) mass is 213 g/mol. The van der Waals surface area contributed by atoms with Crippen LogP contribution in [0.4, 0.5) is 0 Å². The van der Waals surface area contributed by atoms with E-state index in [4.69, 9.17) is 15.2 Å². The average Bonchev–Trinajstić information content (AvgIpc) is 2.72. The number of hydrogen-bond donors (Lipinski definition) is 1. The molecule has 2 fully saturated rings. The Hall–Kier alpha value is -0.120. The SMILES string of the molecule is CC1CCC(N)C(OCC2CCOC2)C1. The maximum absolute atomic E-state index is 6.07. The molecule has 3 heteroatoms. The Morgan fingerprint density at radius 1 is 1.33 bits per heavy atom. The number of nitrogens with two attached hydrogens (primary N) is 1. The summed E-state index contributed by atoms with van der Waals surface area (Å²) in [6.45, 7) is 4.91. The Morgan fingerprint density at radius 2 is 2.20 bits per heavy atom. The molecule has 0 aromatic carbocycles. The summed E-state index contributed by atoms with van der Waals surface area (Å²) in [5.41, 5.74) is 6.07. The predicted octanol–water partition coefficient (Wildman–Crippen LogP) is 1.56. The molecule has 0 aromatic rings. The fourth-order valence-corrected chi connectivity index (χ4v) is 2.52. The highest BCUT2D eigenvalue weighted by Gasteiger charge is 2.27. The largest absolute Gasteiger partial charge is 0.381 e. The molecule has 0 bridgehead atoms. The van der Waals surface area contributed by atoms with Gasteiger partial charge >= 0.3 is 0 Å². The molecule has 1 aliphatic carbocycles. The van der Waals surface area contributed by atoms with Gasteiger partial charge in [0.15, 0.2) is 0 Å². The van der Waals surface area contributed by atoms with Gasteiger partial charge in [0.1, 0.15) is 0 Å². The van der Waals surface area contributed by atoms with Gasteiger partial charge in [-0.25, -0.2) is 0 Å². The van der Waals surface area contributed by atoms with Crippen molar-refractivity contribution < 1.29 is 9.47 Å². The molecule has 2 aliphatic rings. The van der Waals surface area contributed by atoms with E-state index < -0.39 is 0 Å². The van der Waals surface area contributed by atoms with Crippen molar-refractivity contribution in [3.05, 3.63) is 0 Å². The van der Waals surface area contributed by atoms with Crippen molar-refractivity contribution in [1.29, 1.82) is 0 Å². The summed E-state index contributed by atoms with van der Waals surface area (Å²) in [7, 11) is 0. The lowest BCUT2D eigenvalue weighted by molar-refractivity contribution is -0.0159. The van der Waals surface area contributed by atoms with E-state index in [1.807, 2.05) is 0 Å². The third kappa shape index (κ3) is 3.16. The topological polar surface area (TPSA) is 44.5 Å². The van der Waals surface area contributed by atoms with E-state index in [1.165, 1.54) is 6.42 Å². The molecule has 0 spiro atoms. The van der Waals surface area contributed by atoms with Crippen LogP contribution in [0.25, 0.3) is 0 Å². The molecule has 15 heavy (non-hydrogen) atoms. The quantitative estimate of drug-likeness (QED) is 0.773. The molecule has 0 radical (unpaired) electrons. The summed E-state index contributed by atoms with van der Waals surface area (Å²) in [5.74, 6) is 1.38. The van der Waals surface area contributed by atoms with Crippen molar-refractivity contribution in [3.63, 3.8) is 0 Å². The van der Waals surface area contributed by atoms with Crippen LogP contribution in [0.5, 0.6) is 0 Å². The second kappa shape index (κ2) is 5.28. The van der Waals surface area contributed by atoms with Gasteiger partial charge in [0.2, 0.25) is 0 Å². The van der Waals surface area contributed by atoms with Gasteiger partial charge in [-0.15, -0.1) is 0 Å². The zero-order valence-electron chi connectivity index (χ0n) is 9.65. The highest BCUT2D eigenvalue weighted by molar-refractivity contribution is 4.82. The summed E-state index contributed by atoms with van der Waals surface area (Å²) in [5, 5.41) is 0. The Kier molecular flexibility index (Phi) is 4.00. The summed E-state index contributed by atoms with van der Waals surface area (Å²) in [6.07, 6.45) is 4.95. The number of rotatable bonds is 3. The second-order valence-corrected chi connectivity index (χ2v) is 5.18. The van der Waals surface area contributed by atoms with Crippen LogP contribution in [0.1, 0.15) is 32.6 Å². The zero-order valence-corrected chi connectivity index (χ0v) is 9.65. The Bertz CT molecular complexity index is 192. The lowest BCUT2D eigenvalue weighted by Crippen LogP contribution is -2.42. The van der Waals surface area contributed by atoms with Gasteiger partial charge < -0.3 is 15.2 Å². The molecule has 4 unspecified atom stereocenters. The molecule has 1 saturated heterocycles. The first kappa shape index (κ1) is 11.4. The van der Waals surface area contributed by atoms with Crippen LogP contribution in [0.15, 0.2) is 0 Å². The van der Waals surface area contributed by atoms with E-state index in [9.17, 15) is 0 Å². The minimum atomic E-state index is 0.253. The zero-order chi connectivity index (χ0) is 10.7. The fraction of sp³-hybridized carbons (Fsp3) is 1.00. The highest BCUT2D eigenvalue weighted by Crippen LogP contribution is 2.26. The first-order chi connectivity index (χ1) is 7.25. The van der Waals surface area contributed by atoms with E-state index in [0.717, 1.165) is 45.0 Å². The van der Waals surface area contributed by atoms with Crippen molar-refractivity contribution in [1.82, 2.24) is 0 Å². The highest BCUT2D eigenvalue weighted by atomic mass is 16.5. The molecule has 4 atom stereocenters. The van der Waals surface area contributed by atoms with Crippen LogP contribution < -0.4 is 5.73 Å². The van der Waals surface area contributed by atoms with Crippen LogP contribution in [0.3, 0.4) is 0 Å². The maximum Gasteiger partial charge on any atom is 0.0728 e. The normalized spacial score (nSPS) is 42.0. The van der Waals surface area contributed by atoms with Crippen molar-refractivity contribution in [3.8, 4) is 0 Å². The molecule has 0 aromatic heterocycles. The average molecular weight is 213 g/mol. The molecule has 3 nitrogen and oxygen atoms in total. The van der Waals surface area contributed by atoms with Gasteiger partial charge in [0, 0.05) is 18.6 Å². The Labute approximate surface area is 92.3 Å². The fourth-order valence-electron chi connectivity index (χ4n) is 2.52. The van der Waals surface area contributed by atoms with Gasteiger partial charge in [-0.05, 0) is 31.6 Å². The molecular weight excluding hydrogens is 190 g/mol. The van der Waals surface area contributed by atoms with Gasteiger partial charge in [0.25, 0.3) is 0 Å². The van der Waals surface area contributed by atoms with Crippen molar-refractivity contribution >= 4 is 0 Å². The molecule has 2 rings (SSSR count). The summed E-state index contributed by atoms with van der Waals surface area (Å²) in [4.78, 5) is 0. The van der Waals surface area contributed by atoms with E-state index in [1.54, 1.807) is 0 Å². The molecule has 1 heterocycles. The number of hydrogen-bond acceptors (Lipinski definition) is 3. The van der Waals surface area contributed by atoms with Crippen LogP contribution in [-0.4, -0.2) is 32.0 Å². The van der Waals surface area contributed by atoms with Gasteiger partial charge in [-0.3, -0.25) is 0 Å². The lowest BCUT2D eigenvalue weighted by atomic mass is 9.85. The van der Waals surface area contributed by atoms with Gasteiger partial charge in [-0.1, -0.05) is 6.92 Å². The van der Waals surface area contributed by atoms with Crippen molar-refractivity contribution in [2.75, 3.05) is 19.8 Å². The first-order valence-corrected chi connectivity index (χ1v) is 6.20. The lowest BCUT2D eigenvalue weighted by Gasteiger charge is -2.32. The number of ether oxygens (including phenoxy) is 2. The third-order valence-electron chi connectivity index (χ3n) is 3.68. The third-order valence-corrected chi connectivity index (χ3v) is 3.68. The summed E-state index contributed by atoms with van der Waals surface area (Å²) < 4.78 is 11.3. The van der Waals surface area contributed by atoms with Crippen LogP contribution in [0.2, 0.25) is 0 Å². The van der Waals surface area contributed by atoms with E-state index >= 15 is 0 Å². The Balaban J connectivity index is 1.72. The molecule has 0 amide bonds. The molecule has 2 N–H and O–H groups in total. The predicted molar refractivity (Wildman–Crippen MR) is 59.7 cm³/mol. The molecular formula is C12H23NO2. The second-order valence-electron chi connectivity index (χ2n) is 5.18. The first-order valence-electron chi connectivity index (χ1n) is 6.20. The summed E-state index contributed by atoms with van der Waals surface area (Å²) >= 11 is 0. The molecule has 1 aliphatic heterocycles. The van der Waals surface area contributed by atoms with Crippen LogP contribution in [0, 0.1) is 11.8 Å². The summed E-state index contributed by atoms with van der Waals surface area (Å²) in [6, 6.07) is 0.253. The molecule has 1 saturated carbocycles. The smallest absolute Gasteiger partial charge is 0.0728 e. The minimum absolute atomic E-state index is 0.253. The van der Waals surface area contributed by atoms with Gasteiger partial charge in [0.05, 0.1) is 19.3 Å². The van der Waals surface area contributed by atoms with E-state index in [2.05, 4.69) is 6.92 Å². The van der Waals surface area contributed by atoms with Crippen LogP contribution in [-0.2, 0) is 9.47 Å². The van der Waals surface area contributed by atoms with Crippen LogP contribution >= 0.6 is 0 Å². The Morgan fingerprint density at radius 3 is 2.93 bits per heavy atom. The van der Waals surface area contributed by atoms with Crippen molar-refractivity contribution in [2.24, 2.45) is 17.6 Å².